The number of rotatable bonds is 8. The maximum absolute atomic E-state index is 5.35. The first-order valence-electron chi connectivity index (χ1n) is 6.27. The summed E-state index contributed by atoms with van der Waals surface area (Å²) < 4.78 is 10.6. The van der Waals surface area contributed by atoms with Gasteiger partial charge in [-0.2, -0.15) is 4.98 Å². The Labute approximate surface area is 103 Å². The molecule has 0 saturated heterocycles. The molecule has 0 bridgehead atoms. The summed E-state index contributed by atoms with van der Waals surface area (Å²) in [4.78, 5) is 4.39. The van der Waals surface area contributed by atoms with Gasteiger partial charge < -0.3 is 14.6 Å². The van der Waals surface area contributed by atoms with Gasteiger partial charge in [0.15, 0.2) is 0 Å². The van der Waals surface area contributed by atoms with Gasteiger partial charge in [0.1, 0.15) is 6.10 Å². The van der Waals surface area contributed by atoms with Crippen molar-refractivity contribution in [2.24, 2.45) is 0 Å². The Morgan fingerprint density at radius 2 is 2.18 bits per heavy atom. The molecule has 0 aliphatic carbocycles. The van der Waals surface area contributed by atoms with Crippen LogP contribution in [-0.2, 0) is 11.2 Å². The molecule has 2 atom stereocenters. The van der Waals surface area contributed by atoms with Gasteiger partial charge in [-0.25, -0.2) is 0 Å². The lowest BCUT2D eigenvalue weighted by Gasteiger charge is -2.10. The van der Waals surface area contributed by atoms with Gasteiger partial charge in [0, 0.05) is 19.6 Å². The molecule has 0 aromatic carbocycles. The average molecular weight is 241 g/mol. The zero-order chi connectivity index (χ0) is 12.7. The lowest BCUT2D eigenvalue weighted by atomic mass is 10.1. The molecule has 1 rings (SSSR count). The predicted octanol–water partition coefficient (Wildman–Crippen LogP) is 2.10. The molecule has 0 aliphatic rings. The molecule has 1 heterocycles. The van der Waals surface area contributed by atoms with Crippen LogP contribution >= 0.6 is 0 Å². The fourth-order valence-electron chi connectivity index (χ4n) is 1.76. The van der Waals surface area contributed by atoms with Crippen LogP contribution in [0.2, 0.25) is 0 Å². The quantitative estimate of drug-likeness (QED) is 0.755. The van der Waals surface area contributed by atoms with Crippen molar-refractivity contribution >= 4 is 0 Å². The van der Waals surface area contributed by atoms with Gasteiger partial charge in [-0.05, 0) is 19.9 Å². The smallest absolute Gasteiger partial charge is 0.228 e. The fraction of sp³-hybridized carbons (Fsp3) is 0.833. The highest BCUT2D eigenvalue weighted by Crippen LogP contribution is 2.19. The molecular formula is C12H23N3O2. The van der Waals surface area contributed by atoms with E-state index in [1.54, 1.807) is 7.11 Å². The van der Waals surface area contributed by atoms with Crippen molar-refractivity contribution in [2.75, 3.05) is 14.2 Å². The standard InChI is InChI=1S/C12H23N3O2/c1-5-7-10(16-4)12-14-11(17-15-12)8-9(6-2)13-3/h9-10,13H,5-8H2,1-4H3. The summed E-state index contributed by atoms with van der Waals surface area (Å²) in [5, 5.41) is 7.21. The lowest BCUT2D eigenvalue weighted by molar-refractivity contribution is 0.0854. The van der Waals surface area contributed by atoms with Crippen LogP contribution in [0.1, 0.15) is 50.9 Å². The van der Waals surface area contributed by atoms with E-state index in [1.807, 2.05) is 7.05 Å². The Hall–Kier alpha value is -0.940. The molecule has 1 N–H and O–H groups in total. The summed E-state index contributed by atoms with van der Waals surface area (Å²) in [6, 6.07) is 0.385. The summed E-state index contributed by atoms with van der Waals surface area (Å²) >= 11 is 0. The number of likely N-dealkylation sites (N-methyl/N-ethyl adjacent to an activating group) is 1. The summed E-state index contributed by atoms with van der Waals surface area (Å²) in [6.07, 6.45) is 3.71. The number of nitrogens with zero attached hydrogens (tertiary/aromatic N) is 2. The number of hydrogen-bond donors (Lipinski definition) is 1. The van der Waals surface area contributed by atoms with Gasteiger partial charge in [0.25, 0.3) is 0 Å². The molecule has 5 heteroatoms. The third-order valence-electron chi connectivity index (χ3n) is 2.93. The van der Waals surface area contributed by atoms with Gasteiger partial charge in [-0.15, -0.1) is 0 Å². The molecule has 0 saturated carbocycles. The molecule has 1 aromatic rings. The second kappa shape index (κ2) is 7.40. The van der Waals surface area contributed by atoms with E-state index in [2.05, 4.69) is 29.3 Å². The highest BCUT2D eigenvalue weighted by molar-refractivity contribution is 4.93. The Balaban J connectivity index is 2.63. The highest BCUT2D eigenvalue weighted by Gasteiger charge is 2.18. The average Bonchev–Trinajstić information content (AvgIpc) is 2.81. The molecule has 0 aliphatic heterocycles. The first-order chi connectivity index (χ1) is 8.24. The first kappa shape index (κ1) is 14.1. The lowest BCUT2D eigenvalue weighted by Crippen LogP contribution is -2.26. The molecule has 0 spiro atoms. The Kier molecular flexibility index (Phi) is 6.15. The maximum atomic E-state index is 5.35. The van der Waals surface area contributed by atoms with Gasteiger partial charge in [0.05, 0.1) is 0 Å². The maximum Gasteiger partial charge on any atom is 0.228 e. The van der Waals surface area contributed by atoms with Crippen LogP contribution in [0.3, 0.4) is 0 Å². The highest BCUT2D eigenvalue weighted by atomic mass is 16.5. The Bertz CT molecular complexity index is 310. The second-order valence-electron chi connectivity index (χ2n) is 4.16. The fourth-order valence-corrected chi connectivity index (χ4v) is 1.76. The van der Waals surface area contributed by atoms with E-state index in [1.165, 1.54) is 0 Å². The van der Waals surface area contributed by atoms with Crippen molar-refractivity contribution in [2.45, 2.75) is 51.7 Å². The van der Waals surface area contributed by atoms with Crippen LogP contribution in [0.4, 0.5) is 0 Å². The summed E-state index contributed by atoms with van der Waals surface area (Å²) in [7, 11) is 3.62. The number of nitrogens with one attached hydrogen (secondary N) is 1. The van der Waals surface area contributed by atoms with E-state index >= 15 is 0 Å². The molecular weight excluding hydrogens is 218 g/mol. The van der Waals surface area contributed by atoms with E-state index in [0.717, 1.165) is 25.7 Å². The normalized spacial score (nSPS) is 14.8. The van der Waals surface area contributed by atoms with Crippen LogP contribution in [0.15, 0.2) is 4.52 Å². The first-order valence-corrected chi connectivity index (χ1v) is 6.27. The van der Waals surface area contributed by atoms with Crippen molar-refractivity contribution in [1.29, 1.82) is 0 Å². The molecule has 17 heavy (non-hydrogen) atoms. The van der Waals surface area contributed by atoms with Gasteiger partial charge >= 0.3 is 0 Å². The van der Waals surface area contributed by atoms with E-state index in [-0.39, 0.29) is 6.10 Å². The van der Waals surface area contributed by atoms with Crippen molar-refractivity contribution in [3.05, 3.63) is 11.7 Å². The van der Waals surface area contributed by atoms with E-state index < -0.39 is 0 Å². The van der Waals surface area contributed by atoms with Crippen molar-refractivity contribution in [1.82, 2.24) is 15.5 Å². The number of aromatic nitrogens is 2. The number of hydrogen-bond acceptors (Lipinski definition) is 5. The van der Waals surface area contributed by atoms with E-state index in [0.29, 0.717) is 17.8 Å². The number of methoxy groups -OCH3 is 1. The zero-order valence-corrected chi connectivity index (χ0v) is 11.2. The minimum Gasteiger partial charge on any atom is -0.373 e. The van der Waals surface area contributed by atoms with Gasteiger partial charge in [-0.3, -0.25) is 0 Å². The Morgan fingerprint density at radius 3 is 2.71 bits per heavy atom. The van der Waals surface area contributed by atoms with Crippen LogP contribution in [0, 0.1) is 0 Å². The van der Waals surface area contributed by atoms with Crippen LogP contribution in [0.5, 0.6) is 0 Å². The zero-order valence-electron chi connectivity index (χ0n) is 11.2. The third kappa shape index (κ3) is 4.09. The minimum atomic E-state index is -0.0489. The molecule has 1 aromatic heterocycles. The Morgan fingerprint density at radius 1 is 1.41 bits per heavy atom. The number of ether oxygens (including phenoxy) is 1. The van der Waals surface area contributed by atoms with E-state index in [9.17, 15) is 0 Å². The van der Waals surface area contributed by atoms with Crippen molar-refractivity contribution < 1.29 is 9.26 Å². The minimum absolute atomic E-state index is 0.0489. The summed E-state index contributed by atoms with van der Waals surface area (Å²) in [5.41, 5.74) is 0. The summed E-state index contributed by atoms with van der Waals surface area (Å²) in [6.45, 7) is 4.24. The van der Waals surface area contributed by atoms with Crippen LogP contribution in [0.25, 0.3) is 0 Å². The molecule has 98 valence electrons. The SMILES string of the molecule is CCCC(OC)c1noc(CC(CC)NC)n1. The van der Waals surface area contributed by atoms with Crippen LogP contribution in [-0.4, -0.2) is 30.3 Å². The topological polar surface area (TPSA) is 60.2 Å². The monoisotopic (exact) mass is 241 g/mol. The van der Waals surface area contributed by atoms with Crippen LogP contribution < -0.4 is 5.32 Å². The van der Waals surface area contributed by atoms with E-state index in [4.69, 9.17) is 9.26 Å². The third-order valence-corrected chi connectivity index (χ3v) is 2.93. The predicted molar refractivity (Wildman–Crippen MR) is 65.8 cm³/mol. The summed E-state index contributed by atoms with van der Waals surface area (Å²) in [5.74, 6) is 1.34. The molecule has 5 nitrogen and oxygen atoms in total. The van der Waals surface area contributed by atoms with Crippen molar-refractivity contribution in [3.63, 3.8) is 0 Å². The van der Waals surface area contributed by atoms with Gasteiger partial charge in [0.2, 0.25) is 11.7 Å². The van der Waals surface area contributed by atoms with Gasteiger partial charge in [-0.1, -0.05) is 25.4 Å². The second-order valence-corrected chi connectivity index (χ2v) is 4.16. The molecule has 0 amide bonds. The molecule has 0 radical (unpaired) electrons. The molecule has 2 unspecified atom stereocenters. The largest absolute Gasteiger partial charge is 0.373 e. The molecule has 0 fully saturated rings. The van der Waals surface area contributed by atoms with Crippen molar-refractivity contribution in [3.8, 4) is 0 Å².